The van der Waals surface area contributed by atoms with Gasteiger partial charge in [0.05, 0.1) is 12.8 Å². The van der Waals surface area contributed by atoms with E-state index in [0.29, 0.717) is 24.6 Å². The summed E-state index contributed by atoms with van der Waals surface area (Å²) in [5, 5.41) is 11.1. The van der Waals surface area contributed by atoms with Gasteiger partial charge in [-0.2, -0.15) is 5.10 Å². The summed E-state index contributed by atoms with van der Waals surface area (Å²) in [7, 11) is 5.36. The second-order valence-electron chi connectivity index (χ2n) is 6.95. The Hall–Kier alpha value is -3.48. The predicted molar refractivity (Wildman–Crippen MR) is 119 cm³/mol. The lowest BCUT2D eigenvalue weighted by Crippen LogP contribution is -2.36. The highest BCUT2D eigenvalue weighted by molar-refractivity contribution is 5.79. The number of rotatable bonds is 7. The second-order valence-corrected chi connectivity index (χ2v) is 6.95. The number of hydrogen-bond acceptors (Lipinski definition) is 4. The molecule has 0 saturated carbocycles. The highest BCUT2D eigenvalue weighted by Gasteiger charge is 2.10. The molecule has 0 fully saturated rings. The summed E-state index contributed by atoms with van der Waals surface area (Å²) in [6.07, 6.45) is 0. The van der Waals surface area contributed by atoms with Crippen molar-refractivity contribution in [2.24, 2.45) is 12.0 Å². The molecule has 0 amide bonds. The molecule has 2 aromatic carbocycles. The summed E-state index contributed by atoms with van der Waals surface area (Å²) >= 11 is 0. The van der Waals surface area contributed by atoms with Crippen molar-refractivity contribution < 1.29 is 9.47 Å². The third kappa shape index (κ3) is 5.11. The van der Waals surface area contributed by atoms with E-state index in [-0.39, 0.29) is 0 Å². The van der Waals surface area contributed by atoms with E-state index in [0.717, 1.165) is 28.7 Å². The SMILES string of the molecule is CN=C(NCc1ccc(Oc2ccccc2OC)cc1)NCc1c(C)nn(C)c1C. The van der Waals surface area contributed by atoms with Crippen LogP contribution in [0.15, 0.2) is 53.5 Å². The molecule has 0 radical (unpaired) electrons. The summed E-state index contributed by atoms with van der Waals surface area (Å²) < 4.78 is 13.2. The van der Waals surface area contributed by atoms with Crippen molar-refractivity contribution in [3.63, 3.8) is 0 Å². The van der Waals surface area contributed by atoms with Crippen LogP contribution in [0, 0.1) is 13.8 Å². The Kier molecular flexibility index (Phi) is 6.95. The normalized spacial score (nSPS) is 11.3. The Morgan fingerprint density at radius 1 is 1.00 bits per heavy atom. The van der Waals surface area contributed by atoms with E-state index in [1.54, 1.807) is 14.2 Å². The molecule has 3 rings (SSSR count). The second kappa shape index (κ2) is 9.82. The van der Waals surface area contributed by atoms with E-state index in [1.165, 1.54) is 5.56 Å². The minimum atomic E-state index is 0.652. The number of aromatic nitrogens is 2. The van der Waals surface area contributed by atoms with Gasteiger partial charge < -0.3 is 20.1 Å². The van der Waals surface area contributed by atoms with Gasteiger partial charge in [-0.25, -0.2) is 0 Å². The lowest BCUT2D eigenvalue weighted by Gasteiger charge is -2.13. The van der Waals surface area contributed by atoms with Crippen molar-refractivity contribution in [2.45, 2.75) is 26.9 Å². The van der Waals surface area contributed by atoms with Gasteiger partial charge in [0.15, 0.2) is 17.5 Å². The van der Waals surface area contributed by atoms with Crippen molar-refractivity contribution in [1.29, 1.82) is 0 Å². The van der Waals surface area contributed by atoms with Crippen LogP contribution in [0.5, 0.6) is 17.2 Å². The number of guanidine groups is 1. The molecule has 3 aromatic rings. The maximum absolute atomic E-state index is 5.92. The fourth-order valence-corrected chi connectivity index (χ4v) is 3.16. The van der Waals surface area contributed by atoms with Gasteiger partial charge in [-0.1, -0.05) is 24.3 Å². The minimum absolute atomic E-state index is 0.652. The molecule has 0 bridgehead atoms. The Balaban J connectivity index is 1.54. The quantitative estimate of drug-likeness (QED) is 0.462. The van der Waals surface area contributed by atoms with Crippen molar-refractivity contribution in [3.05, 3.63) is 71.0 Å². The third-order valence-corrected chi connectivity index (χ3v) is 5.00. The van der Waals surface area contributed by atoms with Crippen LogP contribution in [0.4, 0.5) is 0 Å². The fraction of sp³-hybridized carbons (Fsp3) is 0.304. The molecule has 7 heteroatoms. The van der Waals surface area contributed by atoms with Gasteiger partial charge in [0.2, 0.25) is 0 Å². The number of hydrogen-bond donors (Lipinski definition) is 2. The van der Waals surface area contributed by atoms with Gasteiger partial charge in [0.1, 0.15) is 5.75 Å². The number of benzene rings is 2. The minimum Gasteiger partial charge on any atom is -0.493 e. The summed E-state index contributed by atoms with van der Waals surface area (Å²) in [5.41, 5.74) is 4.50. The first-order valence-corrected chi connectivity index (χ1v) is 9.85. The molecule has 0 saturated heterocycles. The highest BCUT2D eigenvalue weighted by Crippen LogP contribution is 2.30. The van der Waals surface area contributed by atoms with Crippen LogP contribution >= 0.6 is 0 Å². The molecule has 0 unspecified atom stereocenters. The third-order valence-electron chi connectivity index (χ3n) is 5.00. The first-order chi connectivity index (χ1) is 14.5. The van der Waals surface area contributed by atoms with E-state index < -0.39 is 0 Å². The topological polar surface area (TPSA) is 72.7 Å². The number of methoxy groups -OCH3 is 1. The molecular formula is C23H29N5O2. The fourth-order valence-electron chi connectivity index (χ4n) is 3.16. The maximum atomic E-state index is 5.92. The van der Waals surface area contributed by atoms with Crippen molar-refractivity contribution in [1.82, 2.24) is 20.4 Å². The lowest BCUT2D eigenvalue weighted by molar-refractivity contribution is 0.379. The summed E-state index contributed by atoms with van der Waals surface area (Å²) in [5.74, 6) is 2.90. The van der Waals surface area contributed by atoms with Gasteiger partial charge in [-0.05, 0) is 43.7 Å². The number of ether oxygens (including phenoxy) is 2. The average molecular weight is 408 g/mol. The zero-order valence-corrected chi connectivity index (χ0v) is 18.2. The number of nitrogens with one attached hydrogen (secondary N) is 2. The number of aliphatic imine (C=N–C) groups is 1. The zero-order chi connectivity index (χ0) is 21.5. The molecule has 158 valence electrons. The van der Waals surface area contributed by atoms with Gasteiger partial charge in [-0.15, -0.1) is 0 Å². The van der Waals surface area contributed by atoms with Gasteiger partial charge in [-0.3, -0.25) is 9.67 Å². The van der Waals surface area contributed by atoms with Crippen molar-refractivity contribution in [2.75, 3.05) is 14.2 Å². The first-order valence-electron chi connectivity index (χ1n) is 9.85. The van der Waals surface area contributed by atoms with Crippen molar-refractivity contribution >= 4 is 5.96 Å². The number of para-hydroxylation sites is 2. The molecule has 1 aromatic heterocycles. The first kappa shape index (κ1) is 21.2. The Morgan fingerprint density at radius 2 is 1.67 bits per heavy atom. The number of aryl methyl sites for hydroxylation is 2. The molecule has 7 nitrogen and oxygen atoms in total. The average Bonchev–Trinajstić information content (AvgIpc) is 3.01. The lowest BCUT2D eigenvalue weighted by atomic mass is 10.2. The van der Waals surface area contributed by atoms with Crippen LogP contribution in [0.25, 0.3) is 0 Å². The molecule has 0 spiro atoms. The van der Waals surface area contributed by atoms with Crippen LogP contribution in [-0.4, -0.2) is 29.9 Å². The van der Waals surface area contributed by atoms with E-state index in [9.17, 15) is 0 Å². The molecule has 0 atom stereocenters. The Labute approximate surface area is 177 Å². The van der Waals surface area contributed by atoms with Crippen LogP contribution in [0.1, 0.15) is 22.5 Å². The largest absolute Gasteiger partial charge is 0.493 e. The van der Waals surface area contributed by atoms with Crippen LogP contribution in [0.3, 0.4) is 0 Å². The molecule has 2 N–H and O–H groups in total. The van der Waals surface area contributed by atoms with E-state index in [4.69, 9.17) is 9.47 Å². The van der Waals surface area contributed by atoms with Gasteiger partial charge >= 0.3 is 0 Å². The molecule has 30 heavy (non-hydrogen) atoms. The standard InChI is InChI=1S/C23H29N5O2/c1-16-20(17(2)28(4)27-16)15-26-23(24-3)25-14-18-10-12-19(13-11-18)30-22-9-7-6-8-21(22)29-5/h6-13H,14-15H2,1-5H3,(H2,24,25,26). The van der Waals surface area contributed by atoms with Crippen LogP contribution < -0.4 is 20.1 Å². The molecular weight excluding hydrogens is 378 g/mol. The maximum Gasteiger partial charge on any atom is 0.191 e. The smallest absolute Gasteiger partial charge is 0.191 e. The van der Waals surface area contributed by atoms with Gasteiger partial charge in [0.25, 0.3) is 0 Å². The van der Waals surface area contributed by atoms with Crippen LogP contribution in [-0.2, 0) is 20.1 Å². The molecule has 0 aliphatic carbocycles. The Morgan fingerprint density at radius 3 is 2.27 bits per heavy atom. The van der Waals surface area contributed by atoms with E-state index in [1.807, 2.05) is 67.2 Å². The molecule has 1 heterocycles. The summed E-state index contributed by atoms with van der Waals surface area (Å²) in [4.78, 5) is 4.31. The molecule has 0 aliphatic heterocycles. The van der Waals surface area contributed by atoms with Crippen LogP contribution in [0.2, 0.25) is 0 Å². The number of nitrogens with zero attached hydrogens (tertiary/aromatic N) is 3. The van der Waals surface area contributed by atoms with E-state index in [2.05, 4.69) is 27.6 Å². The van der Waals surface area contributed by atoms with E-state index >= 15 is 0 Å². The summed E-state index contributed by atoms with van der Waals surface area (Å²) in [6, 6.07) is 15.5. The van der Waals surface area contributed by atoms with Gasteiger partial charge in [0, 0.05) is 38.4 Å². The highest BCUT2D eigenvalue weighted by atomic mass is 16.5. The zero-order valence-electron chi connectivity index (χ0n) is 18.2. The predicted octanol–water partition coefficient (Wildman–Crippen LogP) is 3.70. The monoisotopic (exact) mass is 407 g/mol. The molecule has 0 aliphatic rings. The van der Waals surface area contributed by atoms with Crippen molar-refractivity contribution in [3.8, 4) is 17.2 Å². The Bertz CT molecular complexity index is 1010. The summed E-state index contributed by atoms with van der Waals surface area (Å²) in [6.45, 7) is 5.42.